The van der Waals surface area contributed by atoms with Crippen LogP contribution >= 0.6 is 0 Å². The van der Waals surface area contributed by atoms with Gasteiger partial charge in [0.25, 0.3) is 5.91 Å². The molecule has 1 aliphatic carbocycles. The smallest absolute Gasteiger partial charge is 0.256 e. The van der Waals surface area contributed by atoms with Crippen molar-refractivity contribution in [2.75, 3.05) is 32.8 Å². The van der Waals surface area contributed by atoms with Crippen molar-refractivity contribution in [3.8, 4) is 0 Å². The number of aromatic nitrogens is 1. The van der Waals surface area contributed by atoms with Crippen LogP contribution in [0.25, 0.3) is 10.9 Å². The van der Waals surface area contributed by atoms with Crippen LogP contribution in [0.4, 0.5) is 0 Å². The van der Waals surface area contributed by atoms with Gasteiger partial charge in [-0.25, -0.2) is 0 Å². The van der Waals surface area contributed by atoms with Crippen molar-refractivity contribution < 1.29 is 9.53 Å². The van der Waals surface area contributed by atoms with Gasteiger partial charge in [-0.3, -0.25) is 14.5 Å². The lowest BCUT2D eigenvalue weighted by Gasteiger charge is -2.27. The van der Waals surface area contributed by atoms with Gasteiger partial charge < -0.3 is 14.6 Å². The molecule has 4 rings (SSSR count). The Morgan fingerprint density at radius 2 is 1.82 bits per heavy atom. The highest BCUT2D eigenvalue weighted by molar-refractivity contribution is 5.97. The van der Waals surface area contributed by atoms with Gasteiger partial charge in [-0.05, 0) is 25.0 Å². The van der Waals surface area contributed by atoms with E-state index in [9.17, 15) is 9.59 Å². The molecule has 1 aromatic carbocycles. The highest BCUT2D eigenvalue weighted by Crippen LogP contribution is 2.18. The summed E-state index contributed by atoms with van der Waals surface area (Å²) in [6.07, 6.45) is 7.29. The van der Waals surface area contributed by atoms with E-state index in [-0.39, 0.29) is 22.9 Å². The number of nitrogens with zero attached hydrogens (tertiary/aromatic N) is 2. The van der Waals surface area contributed by atoms with Crippen LogP contribution in [0.2, 0.25) is 0 Å². The van der Waals surface area contributed by atoms with Gasteiger partial charge in [0.2, 0.25) is 5.43 Å². The maximum Gasteiger partial charge on any atom is 0.256 e. The SMILES string of the molecule is O=C(NC1CCCCC1)c1cn(CCN2CCOCC2)c2ccccc2c1=O. The van der Waals surface area contributed by atoms with Crippen molar-refractivity contribution >= 4 is 16.8 Å². The number of morpholine rings is 1. The second-order valence-electron chi connectivity index (χ2n) is 7.84. The van der Waals surface area contributed by atoms with Crippen LogP contribution in [0.5, 0.6) is 0 Å². The highest BCUT2D eigenvalue weighted by atomic mass is 16.5. The first-order chi connectivity index (χ1) is 13.7. The Morgan fingerprint density at radius 1 is 1.07 bits per heavy atom. The summed E-state index contributed by atoms with van der Waals surface area (Å²) in [5, 5.41) is 3.71. The highest BCUT2D eigenvalue weighted by Gasteiger charge is 2.20. The van der Waals surface area contributed by atoms with Gasteiger partial charge in [0.1, 0.15) is 5.56 Å². The average Bonchev–Trinajstić information content (AvgIpc) is 2.75. The zero-order valence-corrected chi connectivity index (χ0v) is 16.4. The minimum Gasteiger partial charge on any atom is -0.379 e. The Hall–Kier alpha value is -2.18. The second-order valence-corrected chi connectivity index (χ2v) is 7.84. The fourth-order valence-electron chi connectivity index (χ4n) is 4.28. The maximum absolute atomic E-state index is 13.0. The minimum absolute atomic E-state index is 0.175. The van der Waals surface area contributed by atoms with Crippen molar-refractivity contribution in [2.45, 2.75) is 44.7 Å². The Morgan fingerprint density at radius 3 is 2.61 bits per heavy atom. The Bertz CT molecular complexity index is 880. The molecule has 0 bridgehead atoms. The van der Waals surface area contributed by atoms with Crippen LogP contribution in [-0.2, 0) is 11.3 Å². The van der Waals surface area contributed by atoms with E-state index in [0.717, 1.165) is 70.6 Å². The molecular formula is C22H29N3O3. The molecule has 2 fully saturated rings. The fraction of sp³-hybridized carbons (Fsp3) is 0.545. The van der Waals surface area contributed by atoms with E-state index in [0.29, 0.717) is 5.39 Å². The number of ether oxygens (including phenoxy) is 1. The lowest BCUT2D eigenvalue weighted by Crippen LogP contribution is -2.39. The molecule has 1 aromatic heterocycles. The molecule has 2 aliphatic rings. The first kappa shape index (κ1) is 19.2. The van der Waals surface area contributed by atoms with Gasteiger partial charge in [0, 0.05) is 43.8 Å². The molecule has 1 saturated heterocycles. The van der Waals surface area contributed by atoms with Gasteiger partial charge in [-0.2, -0.15) is 0 Å². The summed E-state index contributed by atoms with van der Waals surface area (Å²) in [5.41, 5.74) is 0.966. The van der Waals surface area contributed by atoms with Crippen molar-refractivity contribution in [3.05, 3.63) is 46.2 Å². The van der Waals surface area contributed by atoms with Crippen LogP contribution in [-0.4, -0.2) is 54.3 Å². The molecule has 2 heterocycles. The fourth-order valence-corrected chi connectivity index (χ4v) is 4.28. The third kappa shape index (κ3) is 4.28. The van der Waals surface area contributed by atoms with Crippen molar-refractivity contribution in [1.82, 2.24) is 14.8 Å². The molecule has 1 aliphatic heterocycles. The average molecular weight is 383 g/mol. The van der Waals surface area contributed by atoms with Gasteiger partial charge >= 0.3 is 0 Å². The van der Waals surface area contributed by atoms with Gasteiger partial charge in [0.05, 0.1) is 18.7 Å². The Labute approximate surface area is 165 Å². The van der Waals surface area contributed by atoms with E-state index < -0.39 is 0 Å². The number of pyridine rings is 1. The number of benzene rings is 1. The summed E-state index contributed by atoms with van der Waals surface area (Å²) in [6, 6.07) is 7.77. The van der Waals surface area contributed by atoms with E-state index in [4.69, 9.17) is 4.74 Å². The number of rotatable bonds is 5. The van der Waals surface area contributed by atoms with Crippen molar-refractivity contribution in [3.63, 3.8) is 0 Å². The zero-order valence-electron chi connectivity index (χ0n) is 16.4. The van der Waals surface area contributed by atoms with E-state index in [1.165, 1.54) is 6.42 Å². The van der Waals surface area contributed by atoms with Crippen LogP contribution in [0.3, 0.4) is 0 Å². The van der Waals surface area contributed by atoms with Crippen LogP contribution < -0.4 is 10.7 Å². The Kier molecular flexibility index (Phi) is 6.07. The van der Waals surface area contributed by atoms with E-state index >= 15 is 0 Å². The van der Waals surface area contributed by atoms with E-state index in [2.05, 4.69) is 14.8 Å². The number of nitrogens with one attached hydrogen (secondary N) is 1. The zero-order chi connectivity index (χ0) is 19.3. The number of para-hydroxylation sites is 1. The first-order valence-corrected chi connectivity index (χ1v) is 10.5. The number of amides is 1. The summed E-state index contributed by atoms with van der Waals surface area (Å²) in [7, 11) is 0. The normalized spacial score (nSPS) is 19.0. The van der Waals surface area contributed by atoms with Crippen LogP contribution in [0.1, 0.15) is 42.5 Å². The van der Waals surface area contributed by atoms with Crippen molar-refractivity contribution in [1.29, 1.82) is 0 Å². The Balaban J connectivity index is 1.59. The minimum atomic E-state index is -0.234. The van der Waals surface area contributed by atoms with Gasteiger partial charge in [-0.1, -0.05) is 31.4 Å². The topological polar surface area (TPSA) is 63.6 Å². The summed E-state index contributed by atoms with van der Waals surface area (Å²) in [6.45, 7) is 4.99. The molecule has 1 N–H and O–H groups in total. The number of carbonyl (C=O) groups is 1. The molecule has 150 valence electrons. The molecule has 6 nitrogen and oxygen atoms in total. The van der Waals surface area contributed by atoms with Crippen LogP contribution in [0.15, 0.2) is 35.3 Å². The molecule has 6 heteroatoms. The summed E-state index contributed by atoms with van der Waals surface area (Å²) < 4.78 is 7.48. The first-order valence-electron chi connectivity index (χ1n) is 10.5. The molecule has 1 saturated carbocycles. The lowest BCUT2D eigenvalue weighted by atomic mass is 9.95. The molecule has 0 radical (unpaired) electrons. The van der Waals surface area contributed by atoms with E-state index in [1.54, 1.807) is 6.20 Å². The van der Waals surface area contributed by atoms with E-state index in [1.807, 2.05) is 24.3 Å². The monoisotopic (exact) mass is 383 g/mol. The quantitative estimate of drug-likeness (QED) is 0.861. The predicted molar refractivity (Wildman–Crippen MR) is 110 cm³/mol. The number of hydrogen-bond donors (Lipinski definition) is 1. The summed E-state index contributed by atoms with van der Waals surface area (Å²) in [5.74, 6) is -0.234. The number of carbonyl (C=O) groups excluding carboxylic acids is 1. The molecule has 0 atom stereocenters. The standard InChI is InChI=1S/C22H29N3O3/c26-21-18-8-4-5-9-20(18)25(11-10-24-12-14-28-15-13-24)16-19(21)22(27)23-17-6-2-1-3-7-17/h4-5,8-9,16-17H,1-3,6-7,10-15H2,(H,23,27). The van der Waals surface area contributed by atoms with Gasteiger partial charge in [0.15, 0.2) is 0 Å². The van der Waals surface area contributed by atoms with Crippen molar-refractivity contribution in [2.24, 2.45) is 0 Å². The number of hydrogen-bond acceptors (Lipinski definition) is 4. The summed E-state index contributed by atoms with van der Waals surface area (Å²) >= 11 is 0. The molecule has 28 heavy (non-hydrogen) atoms. The van der Waals surface area contributed by atoms with Crippen LogP contribution in [0, 0.1) is 0 Å². The lowest BCUT2D eigenvalue weighted by molar-refractivity contribution is 0.0365. The predicted octanol–water partition coefficient (Wildman–Crippen LogP) is 2.40. The largest absolute Gasteiger partial charge is 0.379 e. The van der Waals surface area contributed by atoms with Gasteiger partial charge in [-0.15, -0.1) is 0 Å². The third-order valence-electron chi connectivity index (χ3n) is 5.93. The molecule has 2 aromatic rings. The number of fused-ring (bicyclic) bond motifs is 1. The molecule has 0 unspecified atom stereocenters. The maximum atomic E-state index is 13.0. The summed E-state index contributed by atoms with van der Waals surface area (Å²) in [4.78, 5) is 28.2. The molecule has 0 spiro atoms. The second kappa shape index (κ2) is 8.88. The molecular weight excluding hydrogens is 354 g/mol. The third-order valence-corrected chi connectivity index (χ3v) is 5.93. The molecule has 1 amide bonds.